The number of piperidine rings is 1. The highest BCUT2D eigenvalue weighted by Gasteiger charge is 2.24. The Labute approximate surface area is 186 Å². The Balaban J connectivity index is 1.46. The lowest BCUT2D eigenvalue weighted by Gasteiger charge is -2.32. The zero-order valence-corrected chi connectivity index (χ0v) is 18.9. The van der Waals surface area contributed by atoms with Gasteiger partial charge >= 0.3 is 0 Å². The Morgan fingerprint density at radius 3 is 2.62 bits per heavy atom. The van der Waals surface area contributed by atoms with Crippen LogP contribution in [0.1, 0.15) is 24.0 Å². The van der Waals surface area contributed by atoms with Crippen molar-refractivity contribution in [3.63, 3.8) is 0 Å². The molecule has 1 fully saturated rings. The SMILES string of the molecule is C=S(C)(=O)c1ccc(F)cc1CN1CCC(Oc2ccc3c(=O)[nH]cc(C)c3c2F)CC1. The van der Waals surface area contributed by atoms with E-state index in [-0.39, 0.29) is 28.6 Å². The maximum absolute atomic E-state index is 15.1. The van der Waals surface area contributed by atoms with E-state index in [1.165, 1.54) is 24.4 Å². The van der Waals surface area contributed by atoms with Crippen molar-refractivity contribution in [2.75, 3.05) is 19.3 Å². The van der Waals surface area contributed by atoms with Crippen molar-refractivity contribution in [3.8, 4) is 5.75 Å². The molecule has 1 N–H and O–H groups in total. The van der Waals surface area contributed by atoms with Crippen LogP contribution in [-0.4, -0.2) is 45.4 Å². The molecule has 8 heteroatoms. The molecular formula is C24H26F2N2O3S. The third-order valence-corrected chi connectivity index (χ3v) is 7.20. The van der Waals surface area contributed by atoms with Gasteiger partial charge in [0.25, 0.3) is 5.56 Å². The maximum atomic E-state index is 15.1. The van der Waals surface area contributed by atoms with Crippen molar-refractivity contribution in [1.29, 1.82) is 0 Å². The number of likely N-dealkylation sites (tertiary alicyclic amines) is 1. The number of nitrogens with one attached hydrogen (secondary N) is 1. The Morgan fingerprint density at radius 1 is 1.22 bits per heavy atom. The van der Waals surface area contributed by atoms with Crippen LogP contribution < -0.4 is 10.3 Å². The van der Waals surface area contributed by atoms with E-state index in [9.17, 15) is 13.4 Å². The number of halogens is 2. The molecule has 0 saturated carbocycles. The molecule has 1 aromatic heterocycles. The number of aryl methyl sites for hydroxylation is 1. The minimum atomic E-state index is -2.47. The third kappa shape index (κ3) is 4.56. The number of aromatic amines is 1. The lowest BCUT2D eigenvalue weighted by Crippen LogP contribution is -2.38. The molecule has 4 rings (SSSR count). The van der Waals surface area contributed by atoms with Crippen LogP contribution in [0.4, 0.5) is 8.78 Å². The first-order valence-electron chi connectivity index (χ1n) is 10.4. The topological polar surface area (TPSA) is 62.4 Å². The van der Waals surface area contributed by atoms with Gasteiger partial charge in [-0.1, -0.05) is 0 Å². The first kappa shape index (κ1) is 22.5. The van der Waals surface area contributed by atoms with Crippen molar-refractivity contribution in [1.82, 2.24) is 9.88 Å². The standard InChI is InChI=1S/C24H26F2N2O3S/c1-15-13-27-24(29)19-5-6-20(23(26)22(15)19)31-18-8-10-28(11-9-18)14-16-12-17(25)4-7-21(16)32(2,3)30/h4-7,12-13,18H,2,8-11,14H2,1,3H3,(H,27,29). The Kier molecular flexibility index (Phi) is 6.09. The Bertz CT molecular complexity index is 1330. The molecule has 3 aromatic rings. The number of benzene rings is 2. The molecule has 2 heterocycles. The molecule has 1 saturated heterocycles. The summed E-state index contributed by atoms with van der Waals surface area (Å²) in [6.07, 6.45) is 4.22. The minimum Gasteiger partial charge on any atom is -0.487 e. The molecule has 0 spiro atoms. The summed E-state index contributed by atoms with van der Waals surface area (Å²) in [5.41, 5.74) is 0.980. The molecule has 1 atom stereocenters. The number of aromatic nitrogens is 1. The monoisotopic (exact) mass is 460 g/mol. The molecule has 5 nitrogen and oxygen atoms in total. The molecule has 170 valence electrons. The van der Waals surface area contributed by atoms with E-state index in [1.54, 1.807) is 25.3 Å². The van der Waals surface area contributed by atoms with Gasteiger partial charge in [-0.05, 0) is 76.6 Å². The summed E-state index contributed by atoms with van der Waals surface area (Å²) in [7, 11) is -2.47. The van der Waals surface area contributed by atoms with Crippen LogP contribution in [0.3, 0.4) is 0 Å². The molecule has 0 amide bonds. The maximum Gasteiger partial charge on any atom is 0.255 e. The summed E-state index contributed by atoms with van der Waals surface area (Å²) in [5.74, 6) is 2.98. The van der Waals surface area contributed by atoms with E-state index in [1.807, 2.05) is 0 Å². The number of hydrogen-bond acceptors (Lipinski definition) is 4. The first-order valence-corrected chi connectivity index (χ1v) is 12.6. The average molecular weight is 461 g/mol. The average Bonchev–Trinajstić information content (AvgIpc) is 2.73. The number of pyridine rings is 1. The van der Waals surface area contributed by atoms with Crippen LogP contribution >= 0.6 is 0 Å². The van der Waals surface area contributed by atoms with Crippen molar-refractivity contribution < 1.29 is 17.7 Å². The van der Waals surface area contributed by atoms with Gasteiger partial charge in [-0.2, -0.15) is 0 Å². The van der Waals surface area contributed by atoms with E-state index >= 15 is 4.39 Å². The number of nitrogens with zero attached hydrogens (tertiary/aromatic N) is 1. The molecule has 2 aromatic carbocycles. The summed E-state index contributed by atoms with van der Waals surface area (Å²) >= 11 is 0. The fourth-order valence-corrected chi connectivity index (χ4v) is 5.28. The van der Waals surface area contributed by atoms with Crippen LogP contribution in [0.2, 0.25) is 0 Å². The van der Waals surface area contributed by atoms with Gasteiger partial charge in [0.05, 0.1) is 5.39 Å². The second-order valence-electron chi connectivity index (χ2n) is 8.45. The van der Waals surface area contributed by atoms with Gasteiger partial charge in [0.15, 0.2) is 11.6 Å². The normalized spacial score (nSPS) is 17.4. The van der Waals surface area contributed by atoms with Crippen LogP contribution in [-0.2, 0) is 16.1 Å². The van der Waals surface area contributed by atoms with Gasteiger partial charge in [-0.3, -0.25) is 13.9 Å². The number of ether oxygens (including phenoxy) is 1. The summed E-state index contributed by atoms with van der Waals surface area (Å²) in [5, 5.41) is 0.576. The fourth-order valence-electron chi connectivity index (χ4n) is 4.24. The van der Waals surface area contributed by atoms with Gasteiger partial charge in [-0.25, -0.2) is 8.78 Å². The van der Waals surface area contributed by atoms with E-state index in [0.29, 0.717) is 53.9 Å². The van der Waals surface area contributed by atoms with Crippen LogP contribution in [0.25, 0.3) is 10.8 Å². The zero-order valence-electron chi connectivity index (χ0n) is 18.1. The molecular weight excluding hydrogens is 434 g/mol. The van der Waals surface area contributed by atoms with Crippen molar-refractivity contribution >= 4 is 26.2 Å². The largest absolute Gasteiger partial charge is 0.487 e. The second kappa shape index (κ2) is 8.67. The van der Waals surface area contributed by atoms with Gasteiger partial charge in [0.1, 0.15) is 11.9 Å². The molecule has 1 aliphatic rings. The summed E-state index contributed by atoms with van der Waals surface area (Å²) in [6, 6.07) is 7.36. The molecule has 1 aliphatic heterocycles. The lowest BCUT2D eigenvalue weighted by atomic mass is 10.1. The molecule has 1 unspecified atom stereocenters. The fraction of sp³-hybridized carbons (Fsp3) is 0.333. The van der Waals surface area contributed by atoms with Crippen LogP contribution in [0.15, 0.2) is 46.2 Å². The highest BCUT2D eigenvalue weighted by molar-refractivity contribution is 7.99. The van der Waals surface area contributed by atoms with Gasteiger partial charge in [0, 0.05) is 42.4 Å². The molecule has 0 aliphatic carbocycles. The van der Waals surface area contributed by atoms with E-state index in [0.717, 1.165) is 0 Å². The van der Waals surface area contributed by atoms with Gasteiger partial charge in [-0.15, -0.1) is 0 Å². The van der Waals surface area contributed by atoms with Crippen molar-refractivity contribution in [2.24, 2.45) is 0 Å². The Morgan fingerprint density at radius 2 is 1.94 bits per heavy atom. The molecule has 0 bridgehead atoms. The summed E-state index contributed by atoms with van der Waals surface area (Å²) < 4.78 is 47.3. The molecule has 32 heavy (non-hydrogen) atoms. The second-order valence-corrected chi connectivity index (χ2v) is 10.9. The van der Waals surface area contributed by atoms with Gasteiger partial charge in [0.2, 0.25) is 0 Å². The van der Waals surface area contributed by atoms with Crippen LogP contribution in [0, 0.1) is 18.6 Å². The number of H-pyrrole nitrogens is 1. The number of hydrogen-bond donors (Lipinski definition) is 1. The van der Waals surface area contributed by atoms with Crippen LogP contribution in [0.5, 0.6) is 5.75 Å². The number of rotatable bonds is 5. The minimum absolute atomic E-state index is 0.139. The third-order valence-electron chi connectivity index (χ3n) is 5.88. The summed E-state index contributed by atoms with van der Waals surface area (Å²) in [4.78, 5) is 17.3. The highest BCUT2D eigenvalue weighted by Crippen LogP contribution is 2.29. The first-order chi connectivity index (χ1) is 15.1. The van der Waals surface area contributed by atoms with Crippen molar-refractivity contribution in [2.45, 2.75) is 37.3 Å². The smallest absolute Gasteiger partial charge is 0.255 e. The van der Waals surface area contributed by atoms with E-state index in [2.05, 4.69) is 15.8 Å². The van der Waals surface area contributed by atoms with E-state index < -0.39 is 15.3 Å². The zero-order chi connectivity index (χ0) is 23.0. The quantitative estimate of drug-likeness (QED) is 0.588. The van der Waals surface area contributed by atoms with Crippen molar-refractivity contribution in [3.05, 3.63) is 69.6 Å². The predicted octanol–water partition coefficient (Wildman–Crippen LogP) is 3.86. The van der Waals surface area contributed by atoms with Gasteiger partial charge < -0.3 is 9.72 Å². The molecule has 0 radical (unpaired) electrons. The highest BCUT2D eigenvalue weighted by atomic mass is 32.2. The van der Waals surface area contributed by atoms with E-state index in [4.69, 9.17) is 4.74 Å². The lowest BCUT2D eigenvalue weighted by molar-refractivity contribution is 0.0933. The summed E-state index contributed by atoms with van der Waals surface area (Å²) in [6.45, 7) is 3.56. The Hall–Kier alpha value is -2.71. The predicted molar refractivity (Wildman–Crippen MR) is 124 cm³/mol. The number of fused-ring (bicyclic) bond motifs is 1.